The Morgan fingerprint density at radius 2 is 1.86 bits per heavy atom. The van der Waals surface area contributed by atoms with E-state index in [1.54, 1.807) is 24.3 Å². The van der Waals surface area contributed by atoms with E-state index in [0.717, 1.165) is 30.2 Å². The van der Waals surface area contributed by atoms with Gasteiger partial charge in [-0.25, -0.2) is 0 Å². The number of rotatable bonds is 7. The molecule has 2 aliphatic heterocycles. The summed E-state index contributed by atoms with van der Waals surface area (Å²) in [4.78, 5) is 13.7. The van der Waals surface area contributed by atoms with Crippen LogP contribution in [0.4, 0.5) is 0 Å². The fourth-order valence-electron chi connectivity index (χ4n) is 3.56. The van der Waals surface area contributed by atoms with Gasteiger partial charge in [0.25, 0.3) is 5.91 Å². The molecule has 154 valence electrons. The van der Waals surface area contributed by atoms with Gasteiger partial charge in [-0.3, -0.25) is 4.79 Å². The molecule has 0 aliphatic carbocycles. The van der Waals surface area contributed by atoms with Gasteiger partial charge < -0.3 is 29.2 Å². The van der Waals surface area contributed by atoms with E-state index < -0.39 is 0 Å². The molecule has 4 rings (SSSR count). The van der Waals surface area contributed by atoms with Gasteiger partial charge in [0, 0.05) is 10.6 Å². The van der Waals surface area contributed by atoms with Crippen LogP contribution in [0.3, 0.4) is 0 Å². The summed E-state index contributed by atoms with van der Waals surface area (Å²) in [7, 11) is 0. The summed E-state index contributed by atoms with van der Waals surface area (Å²) < 4.78 is 22.0. The molecule has 0 spiro atoms. The van der Waals surface area contributed by atoms with Crippen molar-refractivity contribution >= 4 is 17.5 Å². The quantitative estimate of drug-likeness (QED) is 0.706. The zero-order valence-corrected chi connectivity index (χ0v) is 16.7. The van der Waals surface area contributed by atoms with Gasteiger partial charge in [0.2, 0.25) is 6.79 Å². The van der Waals surface area contributed by atoms with Crippen molar-refractivity contribution in [3.8, 4) is 17.2 Å². The van der Waals surface area contributed by atoms with Crippen LogP contribution in [0.15, 0.2) is 42.5 Å². The first-order valence-corrected chi connectivity index (χ1v) is 10.0. The first kappa shape index (κ1) is 19.8. The van der Waals surface area contributed by atoms with Crippen LogP contribution >= 0.6 is 11.6 Å². The van der Waals surface area contributed by atoms with E-state index in [1.807, 2.05) is 18.2 Å². The van der Waals surface area contributed by atoms with Crippen LogP contribution in [0.5, 0.6) is 17.2 Å². The lowest BCUT2D eigenvalue weighted by Crippen LogP contribution is -3.15. The topological polar surface area (TPSA) is 70.5 Å². The lowest BCUT2D eigenvalue weighted by molar-refractivity contribution is -0.937. The molecular formula is C21H24ClN2O5+. The number of halogens is 1. The lowest BCUT2D eigenvalue weighted by atomic mass is 10.0. The molecule has 2 aliphatic rings. The van der Waals surface area contributed by atoms with E-state index in [9.17, 15) is 4.79 Å². The zero-order valence-electron chi connectivity index (χ0n) is 16.0. The predicted octanol–water partition coefficient (Wildman–Crippen LogP) is 1.22. The Kier molecular flexibility index (Phi) is 6.39. The van der Waals surface area contributed by atoms with Gasteiger partial charge in [0.15, 0.2) is 18.1 Å². The molecular weight excluding hydrogens is 396 g/mol. The Morgan fingerprint density at radius 1 is 1.10 bits per heavy atom. The maximum atomic E-state index is 12.3. The maximum Gasteiger partial charge on any atom is 0.258 e. The number of carbonyl (C=O) groups excluding carboxylic acids is 1. The van der Waals surface area contributed by atoms with E-state index in [2.05, 4.69) is 5.32 Å². The molecule has 1 saturated heterocycles. The molecule has 1 fully saturated rings. The summed E-state index contributed by atoms with van der Waals surface area (Å²) in [5.74, 6) is 1.94. The molecule has 29 heavy (non-hydrogen) atoms. The summed E-state index contributed by atoms with van der Waals surface area (Å²) in [6, 6.07) is 13.0. The van der Waals surface area contributed by atoms with Crippen LogP contribution in [0, 0.1) is 0 Å². The maximum absolute atomic E-state index is 12.3. The summed E-state index contributed by atoms with van der Waals surface area (Å²) in [6.45, 7) is 3.89. The van der Waals surface area contributed by atoms with Gasteiger partial charge in [-0.15, -0.1) is 0 Å². The van der Waals surface area contributed by atoms with Crippen LogP contribution in [0.2, 0.25) is 5.02 Å². The smallest absolute Gasteiger partial charge is 0.258 e. The van der Waals surface area contributed by atoms with Crippen molar-refractivity contribution in [3.63, 3.8) is 0 Å². The number of fused-ring (bicyclic) bond motifs is 1. The fourth-order valence-corrected chi connectivity index (χ4v) is 3.68. The molecule has 2 aromatic rings. The van der Waals surface area contributed by atoms with Crippen molar-refractivity contribution < 1.29 is 28.6 Å². The number of nitrogens with one attached hydrogen (secondary N) is 2. The van der Waals surface area contributed by atoms with Gasteiger partial charge >= 0.3 is 0 Å². The number of morpholine rings is 1. The number of ether oxygens (including phenoxy) is 4. The fraction of sp³-hybridized carbons (Fsp3) is 0.381. The molecule has 0 radical (unpaired) electrons. The minimum Gasteiger partial charge on any atom is -0.484 e. The van der Waals surface area contributed by atoms with Crippen molar-refractivity contribution in [2.45, 2.75) is 6.04 Å². The summed E-state index contributed by atoms with van der Waals surface area (Å²) in [6.07, 6.45) is 0. The number of carbonyl (C=O) groups is 1. The molecule has 1 amide bonds. The Labute approximate surface area is 174 Å². The van der Waals surface area contributed by atoms with Gasteiger partial charge in [0.05, 0.1) is 19.8 Å². The van der Waals surface area contributed by atoms with Crippen molar-refractivity contribution in [1.29, 1.82) is 0 Å². The van der Waals surface area contributed by atoms with Crippen LogP contribution in [0.25, 0.3) is 0 Å². The highest BCUT2D eigenvalue weighted by atomic mass is 35.5. The lowest BCUT2D eigenvalue weighted by Gasteiger charge is -2.32. The Hall–Kier alpha value is -2.48. The minimum atomic E-state index is -0.168. The molecule has 0 unspecified atom stereocenters. The zero-order chi connectivity index (χ0) is 20.1. The summed E-state index contributed by atoms with van der Waals surface area (Å²) in [5.41, 5.74) is 1.10. The minimum absolute atomic E-state index is 0.0477. The molecule has 0 bridgehead atoms. The second-order valence-electron chi connectivity index (χ2n) is 6.98. The van der Waals surface area contributed by atoms with E-state index in [-0.39, 0.29) is 25.3 Å². The van der Waals surface area contributed by atoms with Crippen molar-refractivity contribution in [3.05, 3.63) is 53.1 Å². The molecule has 8 heteroatoms. The van der Waals surface area contributed by atoms with E-state index in [1.165, 1.54) is 4.90 Å². The number of amides is 1. The monoisotopic (exact) mass is 419 g/mol. The van der Waals surface area contributed by atoms with Crippen LogP contribution < -0.4 is 24.4 Å². The second kappa shape index (κ2) is 9.35. The highest BCUT2D eigenvalue weighted by Crippen LogP contribution is 2.33. The normalized spacial score (nSPS) is 17.0. The SMILES string of the molecule is O=C(COc1ccc(Cl)cc1)NC[C@H](c1ccc2c(c1)OCO2)[NH+]1CCOCC1. The molecule has 2 heterocycles. The predicted molar refractivity (Wildman–Crippen MR) is 107 cm³/mol. The third-order valence-electron chi connectivity index (χ3n) is 5.11. The van der Waals surface area contributed by atoms with Crippen molar-refractivity contribution in [1.82, 2.24) is 5.32 Å². The third-order valence-corrected chi connectivity index (χ3v) is 5.37. The van der Waals surface area contributed by atoms with Crippen LogP contribution in [-0.2, 0) is 9.53 Å². The average molecular weight is 420 g/mol. The number of hydrogen-bond acceptors (Lipinski definition) is 5. The van der Waals surface area contributed by atoms with Crippen LogP contribution in [0.1, 0.15) is 11.6 Å². The van der Waals surface area contributed by atoms with Crippen molar-refractivity contribution in [2.24, 2.45) is 0 Å². The first-order valence-electron chi connectivity index (χ1n) is 9.66. The molecule has 2 aromatic carbocycles. The highest BCUT2D eigenvalue weighted by Gasteiger charge is 2.28. The standard InChI is InChI=1S/C21H23ClN2O5/c22-16-2-4-17(5-3-16)27-13-21(25)23-12-18(24-7-9-26-10-8-24)15-1-6-19-20(11-15)29-14-28-19/h1-6,11,18H,7-10,12-14H2,(H,23,25)/p+1/t18-/m1/s1. The van der Waals surface area contributed by atoms with Gasteiger partial charge in [0.1, 0.15) is 24.9 Å². The molecule has 0 saturated carbocycles. The Balaban J connectivity index is 1.38. The highest BCUT2D eigenvalue weighted by molar-refractivity contribution is 6.30. The van der Waals surface area contributed by atoms with Crippen molar-refractivity contribution in [2.75, 3.05) is 46.2 Å². The molecule has 7 nitrogen and oxygen atoms in total. The number of quaternary nitrogens is 1. The van der Waals surface area contributed by atoms with E-state index in [0.29, 0.717) is 30.5 Å². The first-order chi connectivity index (χ1) is 14.2. The molecule has 1 atom stereocenters. The molecule has 0 aromatic heterocycles. The summed E-state index contributed by atoms with van der Waals surface area (Å²) >= 11 is 5.86. The third kappa shape index (κ3) is 5.12. The number of hydrogen-bond donors (Lipinski definition) is 2. The van der Waals surface area contributed by atoms with Gasteiger partial charge in [-0.05, 0) is 42.5 Å². The van der Waals surface area contributed by atoms with E-state index >= 15 is 0 Å². The second-order valence-corrected chi connectivity index (χ2v) is 7.42. The van der Waals surface area contributed by atoms with Crippen LogP contribution in [-0.4, -0.2) is 52.2 Å². The molecule has 2 N–H and O–H groups in total. The average Bonchev–Trinajstić information content (AvgIpc) is 3.22. The number of benzene rings is 2. The van der Waals surface area contributed by atoms with Gasteiger partial charge in [-0.1, -0.05) is 11.6 Å². The van der Waals surface area contributed by atoms with E-state index in [4.69, 9.17) is 30.5 Å². The van der Waals surface area contributed by atoms with Gasteiger partial charge in [-0.2, -0.15) is 0 Å². The Morgan fingerprint density at radius 3 is 2.66 bits per heavy atom. The summed E-state index contributed by atoms with van der Waals surface area (Å²) in [5, 5.41) is 3.63. The Bertz CT molecular complexity index is 839. The largest absolute Gasteiger partial charge is 0.484 e.